The molecule has 0 bridgehead atoms. The number of nitrogens with one attached hydrogen (secondary N) is 1. The third-order valence-electron chi connectivity index (χ3n) is 7.49. The summed E-state index contributed by atoms with van der Waals surface area (Å²) in [6, 6.07) is 12.9. The van der Waals surface area contributed by atoms with Crippen molar-refractivity contribution < 1.29 is 19.4 Å². The number of thioether (sulfide) groups is 2. The number of carbonyl (C=O) groups is 2. The summed E-state index contributed by atoms with van der Waals surface area (Å²) in [4.78, 5) is 25.2. The van der Waals surface area contributed by atoms with Gasteiger partial charge in [-0.1, -0.05) is 83.2 Å². The fourth-order valence-corrected chi connectivity index (χ4v) is 6.63. The maximum Gasteiger partial charge on any atom is 0.326 e. The number of amides is 1. The van der Waals surface area contributed by atoms with E-state index in [0.29, 0.717) is 24.3 Å². The lowest BCUT2D eigenvalue weighted by Gasteiger charge is -2.28. The molecule has 0 aromatic heterocycles. The minimum absolute atomic E-state index is 0.185. The van der Waals surface area contributed by atoms with E-state index in [1.165, 1.54) is 32.1 Å². The van der Waals surface area contributed by atoms with Crippen LogP contribution in [0.25, 0.3) is 11.1 Å². The predicted octanol–water partition coefficient (Wildman–Crippen LogP) is 7.99. The SMILES string of the molecule is CSCCC(NC(=O)c1ccc(COC(CSC(C)(C)C)CC2CCCCC2)cc1-c1ccccc1C)C(=O)O. The van der Waals surface area contributed by atoms with Gasteiger partial charge in [0, 0.05) is 16.1 Å². The number of carbonyl (C=O) groups excluding carboxylic acids is 1. The molecule has 2 aromatic carbocycles. The van der Waals surface area contributed by atoms with Crippen molar-refractivity contribution in [1.82, 2.24) is 5.32 Å². The molecular formula is C33H47NO4S2. The lowest BCUT2D eigenvalue weighted by Crippen LogP contribution is -2.41. The second-order valence-corrected chi connectivity index (χ2v) is 14.8. The first-order chi connectivity index (χ1) is 19.1. The maximum atomic E-state index is 13.4. The van der Waals surface area contributed by atoms with Crippen LogP contribution in [0.5, 0.6) is 0 Å². The summed E-state index contributed by atoms with van der Waals surface area (Å²) in [5, 5.41) is 12.4. The number of aliphatic carboxylic acids is 1. The van der Waals surface area contributed by atoms with Crippen molar-refractivity contribution in [2.24, 2.45) is 5.92 Å². The van der Waals surface area contributed by atoms with Crippen LogP contribution in [0.4, 0.5) is 0 Å². The van der Waals surface area contributed by atoms with Gasteiger partial charge in [-0.2, -0.15) is 23.5 Å². The third-order valence-corrected chi connectivity index (χ3v) is 9.54. The highest BCUT2D eigenvalue weighted by atomic mass is 32.2. The van der Waals surface area contributed by atoms with Gasteiger partial charge in [0.1, 0.15) is 6.04 Å². The van der Waals surface area contributed by atoms with Gasteiger partial charge in [0.25, 0.3) is 5.91 Å². The molecule has 3 rings (SSSR count). The number of benzene rings is 2. The van der Waals surface area contributed by atoms with Gasteiger partial charge < -0.3 is 15.2 Å². The summed E-state index contributed by atoms with van der Waals surface area (Å²) in [7, 11) is 0. The van der Waals surface area contributed by atoms with Gasteiger partial charge in [-0.05, 0) is 72.1 Å². The van der Waals surface area contributed by atoms with E-state index in [1.54, 1.807) is 11.8 Å². The zero-order valence-corrected chi connectivity index (χ0v) is 26.5. The lowest BCUT2D eigenvalue weighted by molar-refractivity contribution is -0.139. The van der Waals surface area contributed by atoms with Crippen molar-refractivity contribution in [2.75, 3.05) is 17.8 Å². The molecule has 0 heterocycles. The molecule has 1 saturated carbocycles. The van der Waals surface area contributed by atoms with Crippen LogP contribution in [-0.2, 0) is 16.1 Å². The second-order valence-electron chi connectivity index (χ2n) is 11.9. The number of carboxylic acids is 1. The third kappa shape index (κ3) is 10.5. The van der Waals surface area contributed by atoms with E-state index in [1.807, 2.05) is 67.4 Å². The van der Waals surface area contributed by atoms with Crippen LogP contribution in [-0.4, -0.2) is 51.6 Å². The molecule has 1 aliphatic rings. The largest absolute Gasteiger partial charge is 0.480 e. The quantitative estimate of drug-likeness (QED) is 0.234. The summed E-state index contributed by atoms with van der Waals surface area (Å²) >= 11 is 3.53. The minimum Gasteiger partial charge on any atom is -0.480 e. The fourth-order valence-electron chi connectivity index (χ4n) is 5.24. The van der Waals surface area contributed by atoms with Crippen molar-refractivity contribution in [3.05, 3.63) is 59.2 Å². The molecule has 5 nitrogen and oxygen atoms in total. The van der Waals surface area contributed by atoms with Crippen LogP contribution in [0.1, 0.15) is 87.2 Å². The van der Waals surface area contributed by atoms with Gasteiger partial charge in [-0.25, -0.2) is 4.79 Å². The van der Waals surface area contributed by atoms with Gasteiger partial charge in [0.2, 0.25) is 0 Å². The Balaban J connectivity index is 1.83. The summed E-state index contributed by atoms with van der Waals surface area (Å²) in [6.45, 7) is 9.27. The highest BCUT2D eigenvalue weighted by Crippen LogP contribution is 2.33. The lowest BCUT2D eigenvalue weighted by atomic mass is 9.85. The van der Waals surface area contributed by atoms with Crippen molar-refractivity contribution in [3.63, 3.8) is 0 Å². The van der Waals surface area contributed by atoms with Gasteiger partial charge in [0.15, 0.2) is 0 Å². The highest BCUT2D eigenvalue weighted by Gasteiger charge is 2.24. The van der Waals surface area contributed by atoms with Gasteiger partial charge in [-0.3, -0.25) is 4.79 Å². The summed E-state index contributed by atoms with van der Waals surface area (Å²) in [5.41, 5.74) is 4.33. The highest BCUT2D eigenvalue weighted by molar-refractivity contribution is 8.00. The van der Waals surface area contributed by atoms with E-state index >= 15 is 0 Å². The molecule has 2 unspecified atom stereocenters. The fraction of sp³-hybridized carbons (Fsp3) is 0.576. The number of hydrogen-bond acceptors (Lipinski definition) is 5. The molecule has 0 spiro atoms. The van der Waals surface area contributed by atoms with E-state index in [4.69, 9.17) is 4.74 Å². The second kappa shape index (κ2) is 15.9. The van der Waals surface area contributed by atoms with E-state index in [2.05, 4.69) is 26.1 Å². The van der Waals surface area contributed by atoms with Crippen LogP contribution in [0.2, 0.25) is 0 Å². The normalized spacial score (nSPS) is 15.9. The Morgan fingerprint density at radius 2 is 1.80 bits per heavy atom. The van der Waals surface area contributed by atoms with Crippen molar-refractivity contribution in [2.45, 2.75) is 96.1 Å². The molecule has 40 heavy (non-hydrogen) atoms. The zero-order chi connectivity index (χ0) is 29.1. The number of carboxylic acid groups (broad SMARTS) is 1. The zero-order valence-electron chi connectivity index (χ0n) is 24.8. The van der Waals surface area contributed by atoms with Gasteiger partial charge in [-0.15, -0.1) is 0 Å². The molecule has 0 saturated heterocycles. The van der Waals surface area contributed by atoms with Crippen molar-refractivity contribution in [3.8, 4) is 11.1 Å². The Hall–Kier alpha value is -1.96. The topological polar surface area (TPSA) is 75.6 Å². The minimum atomic E-state index is -1.01. The van der Waals surface area contributed by atoms with Crippen molar-refractivity contribution >= 4 is 35.4 Å². The average Bonchev–Trinajstić information content (AvgIpc) is 2.92. The number of ether oxygens (including phenoxy) is 1. The summed E-state index contributed by atoms with van der Waals surface area (Å²) in [5.74, 6) is 0.991. The molecule has 1 aliphatic carbocycles. The number of hydrogen-bond donors (Lipinski definition) is 2. The molecule has 0 aliphatic heterocycles. The van der Waals surface area contributed by atoms with Crippen LogP contribution in [0.15, 0.2) is 42.5 Å². The summed E-state index contributed by atoms with van der Waals surface area (Å²) < 4.78 is 6.77. The smallest absolute Gasteiger partial charge is 0.326 e. The van der Waals surface area contributed by atoms with Crippen LogP contribution in [0, 0.1) is 12.8 Å². The standard InChI is InChI=1S/C33H47NO4S2/c1-23-11-9-10-14-27(23)29-20-25(15-16-28(29)31(35)34-30(32(36)37)17-18-39-5)21-38-26(22-40-33(2,3)4)19-24-12-7-6-8-13-24/h9-11,14-16,20,24,26,30H,6-8,12-13,17-19,21-22H2,1-5H3,(H,34,35)(H,36,37). The molecule has 2 aromatic rings. The van der Waals surface area contributed by atoms with E-state index in [9.17, 15) is 14.7 Å². The van der Waals surface area contributed by atoms with Crippen LogP contribution >= 0.6 is 23.5 Å². The predicted molar refractivity (Wildman–Crippen MR) is 170 cm³/mol. The number of rotatable bonds is 14. The van der Waals surface area contributed by atoms with Crippen LogP contribution in [0.3, 0.4) is 0 Å². The Bertz CT molecular complexity index is 1110. The molecular weight excluding hydrogens is 539 g/mol. The van der Waals surface area contributed by atoms with E-state index in [-0.39, 0.29) is 16.8 Å². The average molecular weight is 586 g/mol. The van der Waals surface area contributed by atoms with E-state index in [0.717, 1.165) is 40.3 Å². The number of aryl methyl sites for hydroxylation is 1. The molecule has 0 radical (unpaired) electrons. The summed E-state index contributed by atoms with van der Waals surface area (Å²) in [6.07, 6.45) is 10.2. The first-order valence-electron chi connectivity index (χ1n) is 14.5. The molecule has 2 atom stereocenters. The molecule has 1 amide bonds. The van der Waals surface area contributed by atoms with Crippen molar-refractivity contribution in [1.29, 1.82) is 0 Å². The Kier molecular flexibility index (Phi) is 12.9. The monoisotopic (exact) mass is 585 g/mol. The maximum absolute atomic E-state index is 13.4. The Morgan fingerprint density at radius 1 is 1.07 bits per heavy atom. The Morgan fingerprint density at radius 3 is 2.45 bits per heavy atom. The van der Waals surface area contributed by atoms with Crippen LogP contribution < -0.4 is 5.32 Å². The first-order valence-corrected chi connectivity index (χ1v) is 16.9. The van der Waals surface area contributed by atoms with Gasteiger partial charge >= 0.3 is 5.97 Å². The first kappa shape index (κ1) is 32.6. The van der Waals surface area contributed by atoms with Gasteiger partial charge in [0.05, 0.1) is 12.7 Å². The Labute approximate surface area is 249 Å². The van der Waals surface area contributed by atoms with E-state index < -0.39 is 12.0 Å². The molecule has 220 valence electrons. The molecule has 7 heteroatoms. The molecule has 2 N–H and O–H groups in total. The molecule has 1 fully saturated rings.